The lowest BCUT2D eigenvalue weighted by molar-refractivity contribution is -0.113. The first-order valence-corrected chi connectivity index (χ1v) is 7.54. The summed E-state index contributed by atoms with van der Waals surface area (Å²) in [6.45, 7) is 6.52. The lowest BCUT2D eigenvalue weighted by Gasteiger charge is -2.22. The molecule has 0 heterocycles. The first-order chi connectivity index (χ1) is 7.98. The van der Waals surface area contributed by atoms with Crippen molar-refractivity contribution in [3.05, 3.63) is 0 Å². The molecule has 1 nitrogen and oxygen atoms in total. The van der Waals surface area contributed by atoms with Gasteiger partial charge in [-0.05, 0) is 23.4 Å². The van der Waals surface area contributed by atoms with Crippen LogP contribution >= 0.6 is 11.6 Å². The molecule has 0 bridgehead atoms. The van der Waals surface area contributed by atoms with Gasteiger partial charge in [0.2, 0.25) is 5.24 Å². The number of hydrogen-bond acceptors (Lipinski definition) is 1. The summed E-state index contributed by atoms with van der Waals surface area (Å²) >= 11 is 5.43. The Hall–Kier alpha value is -0.0400. The van der Waals surface area contributed by atoms with Gasteiger partial charge >= 0.3 is 0 Å². The maximum atomic E-state index is 10.9. The average Bonchev–Trinajstić information content (AvgIpc) is 2.20. The third kappa shape index (κ3) is 12.2. The Balaban J connectivity index is 3.35. The molecule has 0 aliphatic carbocycles. The van der Waals surface area contributed by atoms with E-state index in [1.54, 1.807) is 0 Å². The van der Waals surface area contributed by atoms with Gasteiger partial charge in [-0.3, -0.25) is 4.79 Å². The topological polar surface area (TPSA) is 17.1 Å². The summed E-state index contributed by atoms with van der Waals surface area (Å²) in [6, 6.07) is 0. The van der Waals surface area contributed by atoms with Crippen molar-refractivity contribution >= 4 is 16.8 Å². The Morgan fingerprint density at radius 1 is 0.941 bits per heavy atom. The zero-order valence-corrected chi connectivity index (χ0v) is 12.6. The molecule has 0 atom stereocenters. The zero-order chi connectivity index (χ0) is 13.1. The summed E-state index contributed by atoms with van der Waals surface area (Å²) in [4.78, 5) is 10.9. The van der Waals surface area contributed by atoms with Crippen molar-refractivity contribution in [1.82, 2.24) is 0 Å². The first-order valence-electron chi connectivity index (χ1n) is 7.16. The smallest absolute Gasteiger partial charge is 0.222 e. The van der Waals surface area contributed by atoms with Gasteiger partial charge in [0, 0.05) is 6.42 Å². The predicted molar refractivity (Wildman–Crippen MR) is 76.5 cm³/mol. The van der Waals surface area contributed by atoms with Crippen molar-refractivity contribution in [3.8, 4) is 0 Å². The van der Waals surface area contributed by atoms with E-state index >= 15 is 0 Å². The van der Waals surface area contributed by atoms with Crippen molar-refractivity contribution in [3.63, 3.8) is 0 Å². The third-order valence-corrected chi connectivity index (χ3v) is 3.46. The van der Waals surface area contributed by atoms with Crippen molar-refractivity contribution < 1.29 is 4.79 Å². The van der Waals surface area contributed by atoms with Gasteiger partial charge in [-0.15, -0.1) is 0 Å². The molecule has 0 unspecified atom stereocenters. The van der Waals surface area contributed by atoms with Crippen LogP contribution in [0, 0.1) is 5.41 Å². The summed E-state index contributed by atoms with van der Waals surface area (Å²) in [6.07, 6.45) is 12.3. The molecule has 0 saturated carbocycles. The molecule has 0 saturated heterocycles. The van der Waals surface area contributed by atoms with Crippen molar-refractivity contribution in [1.29, 1.82) is 0 Å². The molecule has 0 aromatic heterocycles. The van der Waals surface area contributed by atoms with E-state index in [1.165, 1.54) is 51.4 Å². The summed E-state index contributed by atoms with van der Waals surface area (Å²) in [5, 5.41) is -0.199. The van der Waals surface area contributed by atoms with Gasteiger partial charge in [0.15, 0.2) is 0 Å². The molecule has 0 N–H and O–H groups in total. The van der Waals surface area contributed by atoms with Gasteiger partial charge in [0.05, 0.1) is 0 Å². The van der Waals surface area contributed by atoms with Gasteiger partial charge in [0.1, 0.15) is 0 Å². The van der Waals surface area contributed by atoms with Gasteiger partial charge in [-0.25, -0.2) is 0 Å². The van der Waals surface area contributed by atoms with Crippen LogP contribution in [0.5, 0.6) is 0 Å². The Morgan fingerprint density at radius 3 is 1.88 bits per heavy atom. The standard InChI is InChI=1S/C15H29ClO/c1-4-5-6-7-8-9-10-11-12-15(2,3)13-14(16)17/h4-13H2,1-3H3. The fourth-order valence-electron chi connectivity index (χ4n) is 2.20. The molecular weight excluding hydrogens is 232 g/mol. The van der Waals surface area contributed by atoms with Crippen LogP contribution in [0.1, 0.15) is 85.0 Å². The highest BCUT2D eigenvalue weighted by Crippen LogP contribution is 2.28. The van der Waals surface area contributed by atoms with Gasteiger partial charge in [-0.1, -0.05) is 72.1 Å². The maximum Gasteiger partial charge on any atom is 0.222 e. The fourth-order valence-corrected chi connectivity index (χ4v) is 2.56. The maximum absolute atomic E-state index is 10.9. The molecule has 0 rings (SSSR count). The molecule has 0 aliphatic rings. The lowest BCUT2D eigenvalue weighted by Crippen LogP contribution is -2.14. The molecule has 0 spiro atoms. The van der Waals surface area contributed by atoms with Crippen molar-refractivity contribution in [2.24, 2.45) is 5.41 Å². The van der Waals surface area contributed by atoms with Crippen LogP contribution in [-0.2, 0) is 4.79 Å². The van der Waals surface area contributed by atoms with E-state index in [9.17, 15) is 4.79 Å². The molecule has 0 aromatic carbocycles. The predicted octanol–water partition coefficient (Wildman–Crippen LogP) is 5.70. The number of carbonyl (C=O) groups is 1. The highest BCUT2D eigenvalue weighted by molar-refractivity contribution is 6.63. The minimum absolute atomic E-state index is 0.0844. The van der Waals surface area contributed by atoms with Crippen molar-refractivity contribution in [2.75, 3.05) is 0 Å². The molecule has 17 heavy (non-hydrogen) atoms. The minimum Gasteiger partial charge on any atom is -0.281 e. The monoisotopic (exact) mass is 260 g/mol. The summed E-state index contributed by atoms with van der Waals surface area (Å²) in [5.41, 5.74) is 0.0844. The van der Waals surface area contributed by atoms with E-state index in [-0.39, 0.29) is 10.7 Å². The van der Waals surface area contributed by atoms with Crippen LogP contribution in [0.25, 0.3) is 0 Å². The number of halogens is 1. The van der Waals surface area contributed by atoms with Gasteiger partial charge in [0.25, 0.3) is 0 Å². The summed E-state index contributed by atoms with van der Waals surface area (Å²) < 4.78 is 0. The van der Waals surface area contributed by atoms with Gasteiger partial charge in [-0.2, -0.15) is 0 Å². The Morgan fingerprint density at radius 2 is 1.41 bits per heavy atom. The quantitative estimate of drug-likeness (QED) is 0.344. The van der Waals surface area contributed by atoms with E-state index in [0.717, 1.165) is 6.42 Å². The van der Waals surface area contributed by atoms with Gasteiger partial charge < -0.3 is 0 Å². The third-order valence-electron chi connectivity index (χ3n) is 3.32. The number of rotatable bonds is 11. The molecule has 102 valence electrons. The van der Waals surface area contributed by atoms with Crippen LogP contribution < -0.4 is 0 Å². The highest BCUT2D eigenvalue weighted by atomic mass is 35.5. The molecule has 0 fully saturated rings. The Bertz CT molecular complexity index is 199. The van der Waals surface area contributed by atoms with E-state index in [0.29, 0.717) is 6.42 Å². The van der Waals surface area contributed by atoms with Crippen LogP contribution in [0.2, 0.25) is 0 Å². The van der Waals surface area contributed by atoms with E-state index in [1.807, 2.05) is 0 Å². The fraction of sp³-hybridized carbons (Fsp3) is 0.933. The first kappa shape index (κ1) is 17.0. The van der Waals surface area contributed by atoms with Crippen LogP contribution in [-0.4, -0.2) is 5.24 Å². The molecule has 0 radical (unpaired) electrons. The number of carbonyl (C=O) groups excluding carboxylic acids is 1. The minimum atomic E-state index is -0.199. The molecule has 0 amide bonds. The van der Waals surface area contributed by atoms with Crippen LogP contribution in [0.3, 0.4) is 0 Å². The average molecular weight is 261 g/mol. The van der Waals surface area contributed by atoms with E-state index in [2.05, 4.69) is 20.8 Å². The zero-order valence-electron chi connectivity index (χ0n) is 11.9. The van der Waals surface area contributed by atoms with Crippen LogP contribution in [0.15, 0.2) is 0 Å². The molecular formula is C15H29ClO. The molecule has 2 heteroatoms. The van der Waals surface area contributed by atoms with Crippen molar-refractivity contribution in [2.45, 2.75) is 85.0 Å². The van der Waals surface area contributed by atoms with E-state index in [4.69, 9.17) is 11.6 Å². The largest absolute Gasteiger partial charge is 0.281 e. The molecule has 0 aliphatic heterocycles. The normalized spacial score (nSPS) is 11.8. The molecule has 0 aromatic rings. The Kier molecular flexibility index (Phi) is 9.91. The second-order valence-corrected chi connectivity index (χ2v) is 6.34. The summed E-state index contributed by atoms with van der Waals surface area (Å²) in [5.74, 6) is 0. The highest BCUT2D eigenvalue weighted by Gasteiger charge is 2.20. The summed E-state index contributed by atoms with van der Waals surface area (Å²) in [7, 11) is 0. The van der Waals surface area contributed by atoms with E-state index < -0.39 is 0 Å². The van der Waals surface area contributed by atoms with Crippen LogP contribution in [0.4, 0.5) is 0 Å². The number of unbranched alkanes of at least 4 members (excludes halogenated alkanes) is 7. The Labute approximate surface area is 112 Å². The second-order valence-electron chi connectivity index (χ2n) is 5.92. The second kappa shape index (κ2) is 9.94. The lowest BCUT2D eigenvalue weighted by atomic mass is 9.84. The SMILES string of the molecule is CCCCCCCCCCC(C)(C)CC(=O)Cl. The number of hydrogen-bond donors (Lipinski definition) is 0.